The van der Waals surface area contributed by atoms with E-state index in [9.17, 15) is 13.2 Å². The molecule has 0 aromatic heterocycles. The first kappa shape index (κ1) is 24.5. The molecule has 2 aromatic rings. The van der Waals surface area contributed by atoms with Crippen LogP contribution in [0.15, 0.2) is 36.4 Å². The molecular weight excluding hydrogens is 479 g/mol. The predicted molar refractivity (Wildman–Crippen MR) is 133 cm³/mol. The van der Waals surface area contributed by atoms with Crippen molar-refractivity contribution in [1.29, 1.82) is 0 Å². The summed E-state index contributed by atoms with van der Waals surface area (Å²) in [4.78, 5) is 13.0. The van der Waals surface area contributed by atoms with Gasteiger partial charge in [-0.25, -0.2) is 12.7 Å². The Morgan fingerprint density at radius 1 is 1.09 bits per heavy atom. The number of aryl methyl sites for hydroxylation is 2. The maximum Gasteiger partial charge on any atom is 0.224 e. The summed E-state index contributed by atoms with van der Waals surface area (Å²) in [5, 5.41) is 3.91. The second kappa shape index (κ2) is 10.3. The number of carbonyl (C=O) groups is 1. The van der Waals surface area contributed by atoms with Crippen molar-refractivity contribution in [2.75, 3.05) is 13.1 Å². The lowest BCUT2D eigenvalue weighted by Gasteiger charge is -2.32. The van der Waals surface area contributed by atoms with Crippen LogP contribution >= 0.6 is 23.2 Å². The third-order valence-corrected chi connectivity index (χ3v) is 9.11. The summed E-state index contributed by atoms with van der Waals surface area (Å²) in [6.07, 6.45) is 6.00. The number of carbonyl (C=O) groups excluding carboxylic acids is 1. The van der Waals surface area contributed by atoms with Crippen LogP contribution in [0.2, 0.25) is 10.0 Å². The number of benzene rings is 2. The molecule has 5 nitrogen and oxygen atoms in total. The topological polar surface area (TPSA) is 66.5 Å². The maximum absolute atomic E-state index is 13.0. The molecule has 1 heterocycles. The smallest absolute Gasteiger partial charge is 0.224 e. The lowest BCUT2D eigenvalue weighted by molar-refractivity contribution is -0.126. The zero-order valence-electron chi connectivity index (χ0n) is 18.8. The van der Waals surface area contributed by atoms with Crippen molar-refractivity contribution in [1.82, 2.24) is 9.62 Å². The van der Waals surface area contributed by atoms with Gasteiger partial charge in [-0.1, -0.05) is 47.5 Å². The first-order valence-corrected chi connectivity index (χ1v) is 13.9. The summed E-state index contributed by atoms with van der Waals surface area (Å²) >= 11 is 12.1. The molecule has 2 aliphatic rings. The molecule has 2 unspecified atom stereocenters. The van der Waals surface area contributed by atoms with E-state index in [1.807, 2.05) is 6.92 Å². The summed E-state index contributed by atoms with van der Waals surface area (Å²) in [5.74, 6) is -0.665. The first-order chi connectivity index (χ1) is 15.7. The van der Waals surface area contributed by atoms with Gasteiger partial charge in [-0.3, -0.25) is 4.79 Å². The molecular formula is C25H30Cl2N2O3S. The number of rotatable bonds is 6. The van der Waals surface area contributed by atoms with Crippen molar-refractivity contribution in [2.24, 2.45) is 5.92 Å². The molecule has 178 valence electrons. The molecule has 0 bridgehead atoms. The zero-order chi connectivity index (χ0) is 23.6. The lowest BCUT2D eigenvalue weighted by atomic mass is 9.89. The minimum Gasteiger partial charge on any atom is -0.349 e. The molecule has 1 amide bonds. The molecule has 4 rings (SSSR count). The maximum atomic E-state index is 13.0. The van der Waals surface area contributed by atoms with Crippen LogP contribution in [-0.2, 0) is 33.4 Å². The second-order valence-corrected chi connectivity index (χ2v) is 12.0. The lowest BCUT2D eigenvalue weighted by Crippen LogP contribution is -2.46. The number of amides is 1. The molecule has 0 saturated carbocycles. The Morgan fingerprint density at radius 3 is 2.61 bits per heavy atom. The largest absolute Gasteiger partial charge is 0.349 e. The van der Waals surface area contributed by atoms with Gasteiger partial charge < -0.3 is 5.32 Å². The summed E-state index contributed by atoms with van der Waals surface area (Å²) in [5.41, 5.74) is 4.41. The van der Waals surface area contributed by atoms with Gasteiger partial charge in [0.25, 0.3) is 0 Å². The third-order valence-electron chi connectivity index (χ3n) is 6.73. The highest BCUT2D eigenvalue weighted by atomic mass is 35.5. The fourth-order valence-electron chi connectivity index (χ4n) is 4.77. The van der Waals surface area contributed by atoms with Gasteiger partial charge in [0.05, 0.1) is 17.7 Å². The molecule has 2 atom stereocenters. The highest BCUT2D eigenvalue weighted by Crippen LogP contribution is 2.28. The average Bonchev–Trinajstić information content (AvgIpc) is 2.80. The van der Waals surface area contributed by atoms with E-state index >= 15 is 0 Å². The minimum atomic E-state index is -3.60. The van der Waals surface area contributed by atoms with Crippen molar-refractivity contribution in [3.63, 3.8) is 0 Å². The van der Waals surface area contributed by atoms with E-state index < -0.39 is 10.0 Å². The number of fused-ring (bicyclic) bond motifs is 1. The van der Waals surface area contributed by atoms with E-state index in [1.165, 1.54) is 28.3 Å². The van der Waals surface area contributed by atoms with Crippen molar-refractivity contribution in [3.05, 3.63) is 68.7 Å². The molecule has 1 fully saturated rings. The number of sulfonamides is 1. The minimum absolute atomic E-state index is 0.0929. The molecule has 1 saturated heterocycles. The average molecular weight is 509 g/mol. The van der Waals surface area contributed by atoms with Gasteiger partial charge in [0.2, 0.25) is 15.9 Å². The van der Waals surface area contributed by atoms with Gasteiger partial charge in [0.15, 0.2) is 0 Å². The standard InChI is InChI=1S/C25H30Cl2N2O3S/c1-17(19-9-8-18-5-2-3-6-20(18)13-19)28-25(30)21-7-4-12-29(15-21)33(31,32)16-22-10-11-23(26)14-24(22)27/h8-11,13-14,17,21H,2-7,12,15-16H2,1H3,(H,28,30). The number of hydrogen-bond donors (Lipinski definition) is 1. The normalized spacial score (nSPS) is 20.2. The number of nitrogens with one attached hydrogen (secondary N) is 1. The molecule has 8 heteroatoms. The molecule has 1 N–H and O–H groups in total. The van der Waals surface area contributed by atoms with Gasteiger partial charge in [-0.05, 0) is 79.8 Å². The Morgan fingerprint density at radius 2 is 1.85 bits per heavy atom. The van der Waals surface area contributed by atoms with Gasteiger partial charge in [0, 0.05) is 23.1 Å². The Labute approximate surface area is 206 Å². The van der Waals surface area contributed by atoms with E-state index in [0.29, 0.717) is 35.0 Å². The van der Waals surface area contributed by atoms with Crippen LogP contribution in [0.5, 0.6) is 0 Å². The molecule has 1 aliphatic heterocycles. The fourth-order valence-corrected chi connectivity index (χ4v) is 6.97. The Balaban J connectivity index is 1.39. The van der Waals surface area contributed by atoms with Crippen LogP contribution in [-0.4, -0.2) is 31.7 Å². The highest BCUT2D eigenvalue weighted by Gasteiger charge is 2.33. The zero-order valence-corrected chi connectivity index (χ0v) is 21.1. The van der Waals surface area contributed by atoms with Crippen LogP contribution < -0.4 is 5.32 Å². The summed E-state index contributed by atoms with van der Waals surface area (Å²) < 4.78 is 27.5. The second-order valence-electron chi connectivity index (χ2n) is 9.15. The predicted octanol–water partition coefficient (Wildman–Crippen LogP) is 5.29. The van der Waals surface area contributed by atoms with Crippen LogP contribution in [0.1, 0.15) is 60.9 Å². The molecule has 33 heavy (non-hydrogen) atoms. The number of hydrogen-bond acceptors (Lipinski definition) is 3. The highest BCUT2D eigenvalue weighted by molar-refractivity contribution is 7.88. The number of halogens is 2. The van der Waals surface area contributed by atoms with Crippen LogP contribution in [0.4, 0.5) is 0 Å². The SMILES string of the molecule is CC(NC(=O)C1CCCN(S(=O)(=O)Cc2ccc(Cl)cc2Cl)C1)c1ccc2c(c1)CCCC2. The quantitative estimate of drug-likeness (QED) is 0.576. The van der Waals surface area contributed by atoms with Gasteiger partial charge >= 0.3 is 0 Å². The Kier molecular flexibility index (Phi) is 7.69. The van der Waals surface area contributed by atoms with Gasteiger partial charge in [-0.2, -0.15) is 0 Å². The van der Waals surface area contributed by atoms with Crippen molar-refractivity contribution >= 4 is 39.1 Å². The monoisotopic (exact) mass is 508 g/mol. The molecule has 0 spiro atoms. The summed E-state index contributed by atoms with van der Waals surface area (Å²) in [7, 11) is -3.60. The first-order valence-electron chi connectivity index (χ1n) is 11.6. The fraction of sp³-hybridized carbons (Fsp3) is 0.480. The summed E-state index contributed by atoms with van der Waals surface area (Å²) in [6, 6.07) is 11.2. The van der Waals surface area contributed by atoms with E-state index in [1.54, 1.807) is 18.2 Å². The Hall–Kier alpha value is -1.60. The van der Waals surface area contributed by atoms with E-state index in [-0.39, 0.29) is 30.2 Å². The van der Waals surface area contributed by atoms with Crippen molar-refractivity contribution in [3.8, 4) is 0 Å². The summed E-state index contributed by atoms with van der Waals surface area (Å²) in [6.45, 7) is 2.59. The van der Waals surface area contributed by atoms with E-state index in [0.717, 1.165) is 18.4 Å². The molecule has 1 aliphatic carbocycles. The molecule has 0 radical (unpaired) electrons. The van der Waals surface area contributed by atoms with E-state index in [4.69, 9.17) is 23.2 Å². The third kappa shape index (κ3) is 5.91. The van der Waals surface area contributed by atoms with Crippen LogP contribution in [0, 0.1) is 5.92 Å². The van der Waals surface area contributed by atoms with Crippen molar-refractivity contribution in [2.45, 2.75) is 57.2 Å². The van der Waals surface area contributed by atoms with Gasteiger partial charge in [0.1, 0.15) is 0 Å². The van der Waals surface area contributed by atoms with Crippen molar-refractivity contribution < 1.29 is 13.2 Å². The van der Waals surface area contributed by atoms with E-state index in [2.05, 4.69) is 23.5 Å². The van der Waals surface area contributed by atoms with Gasteiger partial charge in [-0.15, -0.1) is 0 Å². The molecule has 2 aromatic carbocycles. The van der Waals surface area contributed by atoms with Crippen LogP contribution in [0.3, 0.4) is 0 Å². The number of nitrogens with zero attached hydrogens (tertiary/aromatic N) is 1. The Bertz CT molecular complexity index is 1140. The number of piperidine rings is 1. The van der Waals surface area contributed by atoms with Crippen LogP contribution in [0.25, 0.3) is 0 Å².